The summed E-state index contributed by atoms with van der Waals surface area (Å²) in [5, 5.41) is 27.2. The van der Waals surface area contributed by atoms with E-state index in [1.807, 2.05) is 6.92 Å². The Morgan fingerprint density at radius 3 is 2.08 bits per heavy atom. The molecule has 0 bridgehead atoms. The molecule has 13 heavy (non-hydrogen) atoms. The van der Waals surface area contributed by atoms with Crippen molar-refractivity contribution < 1.29 is 15.3 Å². The van der Waals surface area contributed by atoms with Crippen molar-refractivity contribution in [3.8, 4) is 12.3 Å². The summed E-state index contributed by atoms with van der Waals surface area (Å²) < 4.78 is 0. The minimum Gasteiger partial charge on any atom is -0.343 e. The molecule has 0 rings (SSSR count). The van der Waals surface area contributed by atoms with Crippen LogP contribution in [0.25, 0.3) is 0 Å². The van der Waals surface area contributed by atoms with Crippen LogP contribution in [0.15, 0.2) is 0 Å². The third kappa shape index (κ3) is 3.00. The first-order valence-corrected chi connectivity index (χ1v) is 4.34. The van der Waals surface area contributed by atoms with Gasteiger partial charge in [-0.1, -0.05) is 20.8 Å². The molecule has 0 radical (unpaired) electrons. The number of rotatable bonds is 4. The van der Waals surface area contributed by atoms with Gasteiger partial charge in [-0.2, -0.15) is 0 Å². The van der Waals surface area contributed by atoms with Crippen LogP contribution in [0.5, 0.6) is 0 Å². The smallest absolute Gasteiger partial charge is 0.280 e. The quantitative estimate of drug-likeness (QED) is 0.447. The first-order valence-electron chi connectivity index (χ1n) is 4.34. The second kappa shape index (κ2) is 4.10. The zero-order chi connectivity index (χ0) is 10.7. The van der Waals surface area contributed by atoms with Crippen LogP contribution in [-0.2, 0) is 0 Å². The SMILES string of the molecule is C#CCCC(C)C(C)(C)C(O)(O)O. The van der Waals surface area contributed by atoms with Crippen LogP contribution >= 0.6 is 0 Å². The van der Waals surface area contributed by atoms with E-state index < -0.39 is 11.4 Å². The Morgan fingerprint density at radius 2 is 1.77 bits per heavy atom. The van der Waals surface area contributed by atoms with E-state index in [1.54, 1.807) is 13.8 Å². The highest BCUT2D eigenvalue weighted by Crippen LogP contribution is 2.37. The van der Waals surface area contributed by atoms with E-state index in [0.717, 1.165) is 0 Å². The van der Waals surface area contributed by atoms with Gasteiger partial charge in [0.15, 0.2) is 0 Å². The summed E-state index contributed by atoms with van der Waals surface area (Å²) in [5.74, 6) is -0.241. The average molecular weight is 186 g/mol. The lowest BCUT2D eigenvalue weighted by molar-refractivity contribution is -0.376. The fourth-order valence-corrected chi connectivity index (χ4v) is 0.991. The van der Waals surface area contributed by atoms with Gasteiger partial charge in [-0.25, -0.2) is 0 Å². The Labute approximate surface area is 79.4 Å². The minimum atomic E-state index is -2.65. The largest absolute Gasteiger partial charge is 0.343 e. The van der Waals surface area contributed by atoms with Crippen LogP contribution in [0.3, 0.4) is 0 Å². The van der Waals surface area contributed by atoms with E-state index in [1.165, 1.54) is 0 Å². The first-order chi connectivity index (χ1) is 5.73. The van der Waals surface area contributed by atoms with Crippen LogP contribution in [0.2, 0.25) is 0 Å². The van der Waals surface area contributed by atoms with Crippen LogP contribution in [0.1, 0.15) is 33.6 Å². The molecule has 0 saturated carbocycles. The standard InChI is InChI=1S/C10H18O3/c1-5-6-7-8(2)9(3,4)10(11,12)13/h1,8,11-13H,6-7H2,2-4H3. The number of terminal acetylenes is 1. The maximum atomic E-state index is 9.07. The van der Waals surface area contributed by atoms with Crippen molar-refractivity contribution in [3.63, 3.8) is 0 Å². The van der Waals surface area contributed by atoms with Crippen molar-refractivity contribution in [3.05, 3.63) is 0 Å². The van der Waals surface area contributed by atoms with E-state index in [0.29, 0.717) is 12.8 Å². The second-order valence-corrected chi connectivity index (χ2v) is 4.00. The van der Waals surface area contributed by atoms with Gasteiger partial charge in [-0.15, -0.1) is 12.3 Å². The molecule has 0 aromatic rings. The Hall–Kier alpha value is -0.560. The summed E-state index contributed by atoms with van der Waals surface area (Å²) in [6.07, 6.45) is 6.32. The van der Waals surface area contributed by atoms with Crippen LogP contribution in [0.4, 0.5) is 0 Å². The lowest BCUT2D eigenvalue weighted by Crippen LogP contribution is -2.48. The normalized spacial score (nSPS) is 15.2. The molecule has 3 heteroatoms. The highest BCUT2D eigenvalue weighted by molar-refractivity contribution is 4.88. The van der Waals surface area contributed by atoms with Gasteiger partial charge < -0.3 is 15.3 Å². The third-order valence-corrected chi connectivity index (χ3v) is 2.82. The monoisotopic (exact) mass is 186 g/mol. The molecule has 0 spiro atoms. The molecule has 1 atom stereocenters. The Kier molecular flexibility index (Phi) is 3.92. The van der Waals surface area contributed by atoms with Crippen molar-refractivity contribution in [2.45, 2.75) is 39.6 Å². The number of aliphatic hydroxyl groups is 3. The molecule has 0 aromatic carbocycles. The zero-order valence-corrected chi connectivity index (χ0v) is 8.41. The van der Waals surface area contributed by atoms with Gasteiger partial charge in [-0.05, 0) is 12.3 Å². The zero-order valence-electron chi connectivity index (χ0n) is 8.41. The predicted octanol–water partition coefficient (Wildman–Crippen LogP) is 0.693. The molecule has 0 saturated heterocycles. The molecular weight excluding hydrogens is 168 g/mol. The Morgan fingerprint density at radius 1 is 1.31 bits per heavy atom. The van der Waals surface area contributed by atoms with Gasteiger partial charge in [0.2, 0.25) is 0 Å². The maximum absolute atomic E-state index is 9.07. The molecule has 3 nitrogen and oxygen atoms in total. The van der Waals surface area contributed by atoms with Crippen LogP contribution in [0, 0.1) is 23.7 Å². The topological polar surface area (TPSA) is 60.7 Å². The summed E-state index contributed by atoms with van der Waals surface area (Å²) >= 11 is 0. The summed E-state index contributed by atoms with van der Waals surface area (Å²) in [6, 6.07) is 0. The lowest BCUT2D eigenvalue weighted by atomic mass is 9.75. The molecule has 0 heterocycles. The number of hydrogen-bond donors (Lipinski definition) is 3. The van der Waals surface area contributed by atoms with Gasteiger partial charge in [0.1, 0.15) is 0 Å². The minimum absolute atomic E-state index is 0.0662. The van der Waals surface area contributed by atoms with E-state index in [9.17, 15) is 0 Å². The van der Waals surface area contributed by atoms with Crippen molar-refractivity contribution in [1.29, 1.82) is 0 Å². The molecule has 0 amide bonds. The predicted molar refractivity (Wildman–Crippen MR) is 50.4 cm³/mol. The summed E-state index contributed by atoms with van der Waals surface area (Å²) in [7, 11) is 0. The lowest BCUT2D eigenvalue weighted by Gasteiger charge is -2.38. The third-order valence-electron chi connectivity index (χ3n) is 2.82. The van der Waals surface area contributed by atoms with E-state index in [4.69, 9.17) is 21.7 Å². The molecule has 1 unspecified atom stereocenters. The van der Waals surface area contributed by atoms with E-state index >= 15 is 0 Å². The molecule has 76 valence electrons. The molecular formula is C10H18O3. The molecule has 0 aliphatic carbocycles. The van der Waals surface area contributed by atoms with Crippen molar-refractivity contribution >= 4 is 0 Å². The Bertz CT molecular complexity index is 195. The second-order valence-electron chi connectivity index (χ2n) is 4.00. The van der Waals surface area contributed by atoms with Crippen LogP contribution in [-0.4, -0.2) is 21.3 Å². The fraction of sp³-hybridized carbons (Fsp3) is 0.800. The highest BCUT2D eigenvalue weighted by Gasteiger charge is 2.44. The maximum Gasteiger partial charge on any atom is 0.280 e. The van der Waals surface area contributed by atoms with Gasteiger partial charge in [0.25, 0.3) is 5.97 Å². The van der Waals surface area contributed by atoms with Crippen molar-refractivity contribution in [2.24, 2.45) is 11.3 Å². The fourth-order valence-electron chi connectivity index (χ4n) is 0.991. The van der Waals surface area contributed by atoms with Gasteiger partial charge in [0.05, 0.1) is 0 Å². The van der Waals surface area contributed by atoms with E-state index in [2.05, 4.69) is 5.92 Å². The summed E-state index contributed by atoms with van der Waals surface area (Å²) in [4.78, 5) is 0. The first kappa shape index (κ1) is 12.4. The Balaban J connectivity index is 4.38. The van der Waals surface area contributed by atoms with Crippen molar-refractivity contribution in [2.75, 3.05) is 0 Å². The number of hydrogen-bond acceptors (Lipinski definition) is 3. The van der Waals surface area contributed by atoms with Crippen molar-refractivity contribution in [1.82, 2.24) is 0 Å². The molecule has 3 N–H and O–H groups in total. The molecule has 0 aliphatic heterocycles. The van der Waals surface area contributed by atoms with Gasteiger partial charge >= 0.3 is 0 Å². The van der Waals surface area contributed by atoms with Gasteiger partial charge in [-0.3, -0.25) is 0 Å². The van der Waals surface area contributed by atoms with E-state index in [-0.39, 0.29) is 5.92 Å². The summed E-state index contributed by atoms with van der Waals surface area (Å²) in [6.45, 7) is 5.01. The molecule has 0 fully saturated rings. The van der Waals surface area contributed by atoms with Crippen LogP contribution < -0.4 is 0 Å². The highest BCUT2D eigenvalue weighted by atomic mass is 16.7. The molecule has 0 aliphatic rings. The summed E-state index contributed by atoms with van der Waals surface area (Å²) in [5.41, 5.74) is -0.982. The van der Waals surface area contributed by atoms with Gasteiger partial charge in [0, 0.05) is 11.8 Å². The molecule has 0 aromatic heterocycles. The average Bonchev–Trinajstić information content (AvgIpc) is 1.97.